The molecular weight excluding hydrogens is 707 g/mol. The van der Waals surface area contributed by atoms with Crippen molar-refractivity contribution in [3.05, 3.63) is 36.4 Å². The molecule has 2 aromatic heterocycles. The molecule has 1 atom stereocenters. The Labute approximate surface area is 255 Å². The van der Waals surface area contributed by atoms with Gasteiger partial charge in [0.15, 0.2) is 0 Å². The van der Waals surface area contributed by atoms with Crippen LogP contribution >= 0.6 is 0 Å². The second-order valence-corrected chi connectivity index (χ2v) is 8.92. The first-order valence-electron chi connectivity index (χ1n) is 12.6. The average molecular weight is 747 g/mol. The standard InChI is InChI=1S/C22H36BN7O4.3CHO.Re/c1-27-13-9-24-19(27)16-29(17-20-25-10-14-28(20)2)11-5-3-4-8-21(31)26-15-22(32)30-12-6-7-18(30)23(33)34;3*1-2;/h9-10,13-14,18,33-34H,3-8,11-12,15-17H2,1-2H3,(H,26,31);3*1H;/q;3*-1;. The normalized spacial score (nSPS) is 13.4. The van der Waals surface area contributed by atoms with E-state index in [0.717, 1.165) is 57.0 Å². The van der Waals surface area contributed by atoms with Crippen LogP contribution in [0.5, 0.6) is 0 Å². The number of likely N-dealkylation sites (tertiary alicyclic amines) is 1. The molecule has 0 saturated carbocycles. The van der Waals surface area contributed by atoms with Crippen LogP contribution in [0.3, 0.4) is 0 Å². The minimum absolute atomic E-state index is 0. The molecule has 41 heavy (non-hydrogen) atoms. The summed E-state index contributed by atoms with van der Waals surface area (Å²) in [6, 6.07) is 0. The van der Waals surface area contributed by atoms with Gasteiger partial charge in [-0.05, 0) is 32.2 Å². The van der Waals surface area contributed by atoms with Crippen LogP contribution in [0.2, 0.25) is 0 Å². The fraction of sp³-hybridized carbons (Fsp3) is 0.560. The van der Waals surface area contributed by atoms with Crippen molar-refractivity contribution in [3.63, 3.8) is 0 Å². The van der Waals surface area contributed by atoms with Gasteiger partial charge in [0.2, 0.25) is 11.8 Å². The van der Waals surface area contributed by atoms with E-state index in [-0.39, 0.29) is 38.8 Å². The van der Waals surface area contributed by atoms with Crippen molar-refractivity contribution < 1.29 is 54.4 Å². The molecule has 0 aliphatic carbocycles. The number of nitrogens with zero attached hydrogens (tertiary/aromatic N) is 6. The van der Waals surface area contributed by atoms with Gasteiger partial charge in [0, 0.05) is 72.3 Å². The number of hydrogen-bond acceptors (Lipinski definition) is 10. The molecular formula is C25H39BN7O7Re-3. The maximum Gasteiger partial charge on any atom is 0.475 e. The molecule has 2 amide bonds. The van der Waals surface area contributed by atoms with Crippen molar-refractivity contribution in [2.24, 2.45) is 14.1 Å². The van der Waals surface area contributed by atoms with E-state index in [1.807, 2.05) is 35.6 Å². The van der Waals surface area contributed by atoms with Crippen molar-refractivity contribution in [3.8, 4) is 0 Å². The third-order valence-corrected chi connectivity index (χ3v) is 6.35. The summed E-state index contributed by atoms with van der Waals surface area (Å²) in [5, 5.41) is 21.4. The largest absolute Gasteiger partial charge is 0.545 e. The molecule has 2 aromatic rings. The summed E-state index contributed by atoms with van der Waals surface area (Å²) in [4.78, 5) is 60.3. The first-order valence-corrected chi connectivity index (χ1v) is 12.6. The second-order valence-electron chi connectivity index (χ2n) is 8.92. The summed E-state index contributed by atoms with van der Waals surface area (Å²) in [5.74, 6) is 0.970. The fourth-order valence-corrected chi connectivity index (χ4v) is 4.29. The fourth-order valence-electron chi connectivity index (χ4n) is 4.29. The van der Waals surface area contributed by atoms with Gasteiger partial charge in [0.1, 0.15) is 11.6 Å². The Morgan fingerprint density at radius 3 is 1.98 bits per heavy atom. The molecule has 229 valence electrons. The van der Waals surface area contributed by atoms with Gasteiger partial charge in [0.05, 0.1) is 25.6 Å². The number of nitrogens with one attached hydrogen (secondary N) is 1. The van der Waals surface area contributed by atoms with Crippen LogP contribution in [0.1, 0.15) is 50.2 Å². The van der Waals surface area contributed by atoms with E-state index in [1.165, 1.54) is 4.90 Å². The first kappa shape index (κ1) is 40.1. The van der Waals surface area contributed by atoms with Gasteiger partial charge in [0.25, 0.3) is 0 Å². The summed E-state index contributed by atoms with van der Waals surface area (Å²) < 4.78 is 4.03. The monoisotopic (exact) mass is 747 g/mol. The van der Waals surface area contributed by atoms with E-state index < -0.39 is 13.1 Å². The van der Waals surface area contributed by atoms with E-state index in [9.17, 15) is 19.6 Å². The molecule has 0 aromatic carbocycles. The number of hydrogen-bond donors (Lipinski definition) is 3. The Morgan fingerprint density at radius 2 is 1.51 bits per heavy atom. The van der Waals surface area contributed by atoms with E-state index in [4.69, 9.17) is 14.4 Å². The predicted octanol–water partition coefficient (Wildman–Crippen LogP) is -0.989. The quantitative estimate of drug-likeness (QED) is 0.0998. The molecule has 3 N–H and O–H groups in total. The maximum atomic E-state index is 12.3. The van der Waals surface area contributed by atoms with E-state index in [1.54, 1.807) is 12.4 Å². The van der Waals surface area contributed by atoms with Crippen LogP contribution in [-0.2, 0) is 71.6 Å². The van der Waals surface area contributed by atoms with Crippen LogP contribution in [0.15, 0.2) is 24.8 Å². The number of imidazole rings is 2. The zero-order valence-corrected chi connectivity index (χ0v) is 26.2. The number of amides is 2. The van der Waals surface area contributed by atoms with Gasteiger partial charge < -0.3 is 43.8 Å². The van der Waals surface area contributed by atoms with E-state index in [0.29, 0.717) is 19.4 Å². The minimum atomic E-state index is -1.54. The summed E-state index contributed by atoms with van der Waals surface area (Å²) >= 11 is 0. The topological polar surface area (TPSA) is 180 Å². The van der Waals surface area contributed by atoms with Gasteiger partial charge >= 0.3 is 7.12 Å². The van der Waals surface area contributed by atoms with Crippen LogP contribution in [0.4, 0.5) is 0 Å². The van der Waals surface area contributed by atoms with Crippen molar-refractivity contribution in [2.45, 2.75) is 57.6 Å². The smallest absolute Gasteiger partial charge is 0.475 e. The van der Waals surface area contributed by atoms with Crippen LogP contribution in [0, 0.1) is 0 Å². The third kappa shape index (κ3) is 14.4. The molecule has 0 spiro atoms. The first-order chi connectivity index (χ1) is 19.3. The van der Waals surface area contributed by atoms with Crippen molar-refractivity contribution >= 4 is 39.3 Å². The molecule has 3 heterocycles. The van der Waals surface area contributed by atoms with Crippen molar-refractivity contribution in [1.29, 1.82) is 0 Å². The minimum Gasteiger partial charge on any atom is -0.545 e. The molecule has 1 fully saturated rings. The molecule has 0 bridgehead atoms. The number of aryl methyl sites for hydroxylation is 2. The van der Waals surface area contributed by atoms with Crippen LogP contribution in [0.25, 0.3) is 0 Å². The zero-order valence-electron chi connectivity index (χ0n) is 23.5. The molecule has 1 unspecified atom stereocenters. The molecule has 1 saturated heterocycles. The molecule has 3 rings (SSSR count). The van der Waals surface area contributed by atoms with Crippen molar-refractivity contribution in [1.82, 2.24) is 34.2 Å². The molecule has 1 radical (unpaired) electrons. The predicted molar refractivity (Wildman–Crippen MR) is 147 cm³/mol. The Bertz CT molecular complexity index is 948. The number of unbranched alkanes of at least 4 members (excludes halogenated alkanes) is 2. The Morgan fingerprint density at radius 1 is 0.976 bits per heavy atom. The Hall–Kier alpha value is -3.02. The van der Waals surface area contributed by atoms with Crippen LogP contribution < -0.4 is 5.32 Å². The number of rotatable bonds is 13. The molecule has 1 aliphatic rings. The van der Waals surface area contributed by atoms with Gasteiger partial charge in [-0.25, -0.2) is 9.97 Å². The molecule has 14 nitrogen and oxygen atoms in total. The summed E-state index contributed by atoms with van der Waals surface area (Å²) in [5.41, 5.74) is 0. The van der Waals surface area contributed by atoms with Gasteiger partial charge in [-0.15, -0.1) is 0 Å². The van der Waals surface area contributed by atoms with Gasteiger partial charge in [-0.3, -0.25) is 34.9 Å². The second kappa shape index (κ2) is 23.7. The number of carbonyl (C=O) groups excluding carboxylic acids is 5. The molecule has 16 heteroatoms. The third-order valence-electron chi connectivity index (χ3n) is 6.35. The molecule has 1 aliphatic heterocycles. The number of aromatic nitrogens is 4. The van der Waals surface area contributed by atoms with Crippen LogP contribution in [-0.4, -0.2) is 104 Å². The Balaban J connectivity index is 0. The van der Waals surface area contributed by atoms with E-state index in [2.05, 4.69) is 40.6 Å². The SMILES string of the molecule is Cn1ccnc1CN(CCCCCC(=O)NCC(=O)N1CCCC1B(O)O)Cc1nccn1C.[CH-]=O.[CH-]=O.[CH-]=O.[Re]. The summed E-state index contributed by atoms with van der Waals surface area (Å²) in [6.07, 6.45) is 11.7. The maximum absolute atomic E-state index is 12.3. The summed E-state index contributed by atoms with van der Waals surface area (Å²) in [7, 11) is 2.43. The van der Waals surface area contributed by atoms with Crippen molar-refractivity contribution in [2.75, 3.05) is 19.6 Å². The van der Waals surface area contributed by atoms with Gasteiger partial charge in [-0.2, -0.15) is 0 Å². The zero-order chi connectivity index (χ0) is 30.5. The number of carbonyl (C=O) groups is 2. The van der Waals surface area contributed by atoms with E-state index >= 15 is 0 Å². The van der Waals surface area contributed by atoms with Gasteiger partial charge in [-0.1, -0.05) is 6.42 Å². The average Bonchev–Trinajstić information content (AvgIpc) is 3.72. The summed E-state index contributed by atoms with van der Waals surface area (Å²) in [6.45, 7) is 12.4. The Kier molecular flexibility index (Phi) is 23.2.